The van der Waals surface area contributed by atoms with Crippen molar-refractivity contribution in [3.63, 3.8) is 0 Å². The van der Waals surface area contributed by atoms with Gasteiger partial charge < -0.3 is 4.74 Å². The lowest BCUT2D eigenvalue weighted by Gasteiger charge is -2.24. The minimum Gasteiger partial charge on any atom is -0.492 e. The summed E-state index contributed by atoms with van der Waals surface area (Å²) in [5, 5.41) is 9.30. The Kier molecular flexibility index (Phi) is 5.16. The summed E-state index contributed by atoms with van der Waals surface area (Å²) in [6.07, 6.45) is 0.355. The van der Waals surface area contributed by atoms with Crippen LogP contribution >= 0.6 is 11.6 Å². The number of carbonyl (C=O) groups excluding carboxylic acids is 1. The lowest BCUT2D eigenvalue weighted by molar-refractivity contribution is -0.124. The molecule has 0 saturated carbocycles. The molecule has 0 unspecified atom stereocenters. The molecule has 26 heavy (non-hydrogen) atoms. The zero-order valence-corrected chi connectivity index (χ0v) is 15.2. The van der Waals surface area contributed by atoms with Crippen LogP contribution in [0.5, 0.6) is 5.75 Å². The SMILES string of the molecule is N#Cc1ccc(CS(=O)(=O)NC(=O)[C@H]2COc3ccc(Cl)cc3C2)cc1. The minimum atomic E-state index is -3.85. The van der Waals surface area contributed by atoms with E-state index in [4.69, 9.17) is 21.6 Å². The maximum absolute atomic E-state index is 12.4. The number of nitrogens with one attached hydrogen (secondary N) is 1. The summed E-state index contributed by atoms with van der Waals surface area (Å²) in [5.74, 6) is -0.916. The number of fused-ring (bicyclic) bond motifs is 1. The Labute approximate surface area is 156 Å². The van der Waals surface area contributed by atoms with Crippen molar-refractivity contribution in [2.24, 2.45) is 5.92 Å². The first-order chi connectivity index (χ1) is 12.4. The van der Waals surface area contributed by atoms with E-state index in [0.717, 1.165) is 5.56 Å². The highest BCUT2D eigenvalue weighted by molar-refractivity contribution is 7.89. The van der Waals surface area contributed by atoms with E-state index >= 15 is 0 Å². The molecule has 0 aromatic heterocycles. The molecule has 6 nitrogen and oxygen atoms in total. The molecule has 1 aliphatic heterocycles. The molecule has 134 valence electrons. The van der Waals surface area contributed by atoms with E-state index in [9.17, 15) is 13.2 Å². The fraction of sp³-hybridized carbons (Fsp3) is 0.222. The number of sulfonamides is 1. The van der Waals surface area contributed by atoms with Crippen LogP contribution in [0.15, 0.2) is 42.5 Å². The van der Waals surface area contributed by atoms with Gasteiger partial charge in [-0.05, 0) is 47.9 Å². The lowest BCUT2D eigenvalue weighted by Crippen LogP contribution is -2.40. The molecule has 0 aliphatic carbocycles. The number of carbonyl (C=O) groups is 1. The van der Waals surface area contributed by atoms with Gasteiger partial charge >= 0.3 is 0 Å². The molecule has 1 aliphatic rings. The summed E-state index contributed by atoms with van der Waals surface area (Å²) in [7, 11) is -3.85. The van der Waals surface area contributed by atoms with Gasteiger partial charge in [-0.2, -0.15) is 5.26 Å². The van der Waals surface area contributed by atoms with Crippen molar-refractivity contribution in [1.29, 1.82) is 5.26 Å². The predicted molar refractivity (Wildman–Crippen MR) is 96.1 cm³/mol. The van der Waals surface area contributed by atoms with Crippen molar-refractivity contribution in [2.45, 2.75) is 12.2 Å². The molecule has 0 spiro atoms. The molecule has 1 amide bonds. The first kappa shape index (κ1) is 18.2. The van der Waals surface area contributed by atoms with Gasteiger partial charge in [0.25, 0.3) is 0 Å². The Bertz CT molecular complexity index is 981. The molecule has 2 aromatic carbocycles. The van der Waals surface area contributed by atoms with Crippen molar-refractivity contribution in [3.8, 4) is 11.8 Å². The lowest BCUT2D eigenvalue weighted by atomic mass is 9.96. The van der Waals surface area contributed by atoms with Gasteiger partial charge in [0.15, 0.2) is 0 Å². The predicted octanol–water partition coefficient (Wildman–Crippen LogP) is 2.41. The molecule has 2 aromatic rings. The van der Waals surface area contributed by atoms with Crippen molar-refractivity contribution < 1.29 is 17.9 Å². The number of amides is 1. The van der Waals surface area contributed by atoms with Gasteiger partial charge in [-0.25, -0.2) is 8.42 Å². The standard InChI is InChI=1S/C18H15ClN2O4S/c19-16-5-6-17-14(8-16)7-15(10-25-17)18(22)21-26(23,24)11-13-3-1-12(9-20)2-4-13/h1-6,8,15H,7,10-11H2,(H,21,22)/t15-/m1/s1. The number of nitriles is 1. The van der Waals surface area contributed by atoms with Crippen LogP contribution in [0.25, 0.3) is 0 Å². The van der Waals surface area contributed by atoms with Crippen LogP contribution in [0, 0.1) is 17.2 Å². The number of ether oxygens (including phenoxy) is 1. The van der Waals surface area contributed by atoms with E-state index in [1.54, 1.807) is 30.3 Å². The largest absolute Gasteiger partial charge is 0.492 e. The highest BCUT2D eigenvalue weighted by atomic mass is 35.5. The summed E-state index contributed by atoms with van der Waals surface area (Å²) < 4.78 is 32.1. The van der Waals surface area contributed by atoms with Crippen molar-refractivity contribution in [1.82, 2.24) is 4.72 Å². The fourth-order valence-electron chi connectivity index (χ4n) is 2.70. The molecule has 1 heterocycles. The third kappa shape index (κ3) is 4.34. The van der Waals surface area contributed by atoms with Gasteiger partial charge in [0.2, 0.25) is 15.9 Å². The average molecular weight is 391 g/mol. The summed E-state index contributed by atoms with van der Waals surface area (Å²) in [5.41, 5.74) is 1.70. The Morgan fingerprint density at radius 2 is 2.00 bits per heavy atom. The van der Waals surface area contributed by atoms with E-state index < -0.39 is 21.8 Å². The highest BCUT2D eigenvalue weighted by Crippen LogP contribution is 2.29. The topological polar surface area (TPSA) is 96.3 Å². The fourth-order valence-corrected chi connectivity index (χ4v) is 4.07. The zero-order chi connectivity index (χ0) is 18.7. The molecule has 1 atom stereocenters. The normalized spacial score (nSPS) is 16.1. The van der Waals surface area contributed by atoms with Crippen LogP contribution in [0.1, 0.15) is 16.7 Å². The second-order valence-corrected chi connectivity index (χ2v) is 8.16. The number of benzene rings is 2. The Balaban J connectivity index is 1.66. The number of nitrogens with zero attached hydrogens (tertiary/aromatic N) is 1. The van der Waals surface area contributed by atoms with Gasteiger partial charge in [-0.15, -0.1) is 0 Å². The third-order valence-corrected chi connectivity index (χ3v) is 5.46. The smallest absolute Gasteiger partial charge is 0.240 e. The van der Waals surface area contributed by atoms with Crippen LogP contribution in [-0.2, 0) is 27.0 Å². The monoisotopic (exact) mass is 390 g/mol. The molecule has 3 rings (SSSR count). The maximum atomic E-state index is 12.4. The van der Waals surface area contributed by atoms with Gasteiger partial charge in [-0.1, -0.05) is 23.7 Å². The van der Waals surface area contributed by atoms with Gasteiger partial charge in [0.05, 0.1) is 23.3 Å². The Morgan fingerprint density at radius 3 is 2.69 bits per heavy atom. The average Bonchev–Trinajstić information content (AvgIpc) is 2.61. The first-order valence-corrected chi connectivity index (χ1v) is 9.84. The number of rotatable bonds is 4. The molecule has 0 saturated heterocycles. The number of hydrogen-bond donors (Lipinski definition) is 1. The second kappa shape index (κ2) is 7.36. The van der Waals surface area contributed by atoms with Crippen molar-refractivity contribution >= 4 is 27.5 Å². The van der Waals surface area contributed by atoms with Crippen molar-refractivity contribution in [2.75, 3.05) is 6.61 Å². The molecule has 0 radical (unpaired) electrons. The van der Waals surface area contributed by atoms with E-state index in [0.29, 0.717) is 28.3 Å². The molecular weight excluding hydrogens is 376 g/mol. The van der Waals surface area contributed by atoms with Crippen LogP contribution in [0.3, 0.4) is 0 Å². The van der Waals surface area contributed by atoms with E-state index in [-0.39, 0.29) is 12.4 Å². The van der Waals surface area contributed by atoms with Gasteiger partial charge in [0.1, 0.15) is 12.4 Å². The summed E-state index contributed by atoms with van der Waals surface area (Å²) in [4.78, 5) is 12.4. The first-order valence-electron chi connectivity index (χ1n) is 7.81. The highest BCUT2D eigenvalue weighted by Gasteiger charge is 2.29. The van der Waals surface area contributed by atoms with Crippen LogP contribution in [0.4, 0.5) is 0 Å². The summed E-state index contributed by atoms with van der Waals surface area (Å²) >= 11 is 5.95. The summed E-state index contributed by atoms with van der Waals surface area (Å²) in [6, 6.07) is 13.3. The van der Waals surface area contributed by atoms with E-state index in [1.807, 2.05) is 6.07 Å². The molecule has 0 fully saturated rings. The van der Waals surface area contributed by atoms with Crippen LogP contribution < -0.4 is 9.46 Å². The third-order valence-electron chi connectivity index (χ3n) is 4.00. The van der Waals surface area contributed by atoms with Gasteiger partial charge in [-0.3, -0.25) is 9.52 Å². The molecular formula is C18H15ClN2O4S. The quantitative estimate of drug-likeness (QED) is 0.864. The molecule has 8 heteroatoms. The minimum absolute atomic E-state index is 0.104. The maximum Gasteiger partial charge on any atom is 0.240 e. The number of halogens is 1. The van der Waals surface area contributed by atoms with E-state index in [2.05, 4.69) is 4.72 Å². The van der Waals surface area contributed by atoms with Crippen LogP contribution in [0.2, 0.25) is 5.02 Å². The van der Waals surface area contributed by atoms with Gasteiger partial charge in [0, 0.05) is 5.02 Å². The summed E-state index contributed by atoms with van der Waals surface area (Å²) in [6.45, 7) is 0.104. The van der Waals surface area contributed by atoms with E-state index in [1.165, 1.54) is 12.1 Å². The number of hydrogen-bond acceptors (Lipinski definition) is 5. The molecule has 1 N–H and O–H groups in total. The Morgan fingerprint density at radius 1 is 1.27 bits per heavy atom. The van der Waals surface area contributed by atoms with Crippen molar-refractivity contribution in [3.05, 3.63) is 64.2 Å². The Hall–Kier alpha value is -2.56. The molecule has 0 bridgehead atoms. The second-order valence-electron chi connectivity index (χ2n) is 6.00. The van der Waals surface area contributed by atoms with Crippen LogP contribution in [-0.4, -0.2) is 20.9 Å². The zero-order valence-electron chi connectivity index (χ0n) is 13.6.